The zero-order valence-corrected chi connectivity index (χ0v) is 15.8. The predicted molar refractivity (Wildman–Crippen MR) is 106 cm³/mol. The average Bonchev–Trinajstić information content (AvgIpc) is 2.69. The topological polar surface area (TPSA) is 60.3 Å². The summed E-state index contributed by atoms with van der Waals surface area (Å²) >= 11 is 0. The van der Waals surface area contributed by atoms with Crippen LogP contribution in [0.5, 0.6) is 5.75 Å². The fourth-order valence-corrected chi connectivity index (χ4v) is 4.34. The largest absolute Gasteiger partial charge is 0.493 e. The first-order chi connectivity index (χ1) is 13.2. The van der Waals surface area contributed by atoms with E-state index in [1.165, 1.54) is 23.6 Å². The van der Waals surface area contributed by atoms with Crippen LogP contribution in [0, 0.1) is 0 Å². The van der Waals surface area contributed by atoms with Crippen LogP contribution in [0.1, 0.15) is 59.8 Å². The molecule has 1 amide bonds. The number of aromatic nitrogens is 1. The summed E-state index contributed by atoms with van der Waals surface area (Å²) in [6.45, 7) is 2.96. The molecule has 1 aromatic heterocycles. The second-order valence-electron chi connectivity index (χ2n) is 7.31. The van der Waals surface area contributed by atoms with Gasteiger partial charge in [-0.05, 0) is 69.1 Å². The van der Waals surface area contributed by atoms with Gasteiger partial charge in [0.15, 0.2) is 0 Å². The molecular formula is C22H26N2O3. The SMILES string of the molecule is CCOc1cc(=O)n2c(c1C(=O)Nc1cccc3c1CCCC3)CCCC2. The molecule has 27 heavy (non-hydrogen) atoms. The number of fused-ring (bicyclic) bond motifs is 2. The Balaban J connectivity index is 1.75. The summed E-state index contributed by atoms with van der Waals surface area (Å²) in [6.07, 6.45) is 7.10. The number of aryl methyl sites for hydroxylation is 1. The van der Waals surface area contributed by atoms with Crippen molar-refractivity contribution in [1.29, 1.82) is 0 Å². The molecule has 0 unspecified atom stereocenters. The minimum Gasteiger partial charge on any atom is -0.493 e. The van der Waals surface area contributed by atoms with E-state index in [0.717, 1.165) is 49.9 Å². The standard InChI is InChI=1S/C22H26N2O3/c1-2-27-19-14-20(25)24-13-6-5-12-18(24)21(19)22(26)23-17-11-7-9-15-8-3-4-10-16(15)17/h7,9,11,14H,2-6,8,10,12-13H2,1H3,(H,23,26). The Morgan fingerprint density at radius 3 is 2.81 bits per heavy atom. The first kappa shape index (κ1) is 17.8. The molecule has 4 rings (SSSR count). The van der Waals surface area contributed by atoms with Crippen LogP contribution in [0.3, 0.4) is 0 Å². The number of rotatable bonds is 4. The van der Waals surface area contributed by atoms with Gasteiger partial charge < -0.3 is 14.6 Å². The maximum absolute atomic E-state index is 13.3. The molecule has 0 bridgehead atoms. The van der Waals surface area contributed by atoms with Gasteiger partial charge in [0.2, 0.25) is 0 Å². The van der Waals surface area contributed by atoms with Crippen molar-refractivity contribution in [1.82, 2.24) is 4.57 Å². The normalized spacial score (nSPS) is 15.6. The Morgan fingerprint density at radius 2 is 1.96 bits per heavy atom. The number of hydrogen-bond donors (Lipinski definition) is 1. The zero-order valence-electron chi connectivity index (χ0n) is 15.8. The van der Waals surface area contributed by atoms with Crippen LogP contribution in [-0.2, 0) is 25.8 Å². The van der Waals surface area contributed by atoms with Crippen molar-refractivity contribution in [2.75, 3.05) is 11.9 Å². The molecule has 2 aliphatic rings. The van der Waals surface area contributed by atoms with Gasteiger partial charge in [-0.3, -0.25) is 9.59 Å². The van der Waals surface area contributed by atoms with Crippen molar-refractivity contribution in [3.8, 4) is 5.75 Å². The number of amides is 1. The Morgan fingerprint density at radius 1 is 1.15 bits per heavy atom. The molecule has 1 aromatic carbocycles. The van der Waals surface area contributed by atoms with Crippen molar-refractivity contribution in [3.05, 3.63) is 57.0 Å². The molecule has 0 spiro atoms. The van der Waals surface area contributed by atoms with E-state index in [1.807, 2.05) is 19.1 Å². The highest BCUT2D eigenvalue weighted by atomic mass is 16.5. The van der Waals surface area contributed by atoms with E-state index in [1.54, 1.807) is 4.57 Å². The Labute approximate surface area is 159 Å². The molecule has 0 fully saturated rings. The highest BCUT2D eigenvalue weighted by Crippen LogP contribution is 2.30. The number of carbonyl (C=O) groups is 1. The van der Waals surface area contributed by atoms with Crippen LogP contribution in [0.4, 0.5) is 5.69 Å². The number of nitrogens with zero attached hydrogens (tertiary/aromatic N) is 1. The number of nitrogens with one attached hydrogen (secondary N) is 1. The molecule has 1 aliphatic heterocycles. The third kappa shape index (κ3) is 3.38. The van der Waals surface area contributed by atoms with Gasteiger partial charge in [0.05, 0.1) is 6.61 Å². The number of ether oxygens (including phenoxy) is 1. The van der Waals surface area contributed by atoms with Gasteiger partial charge in [-0.25, -0.2) is 0 Å². The number of hydrogen-bond acceptors (Lipinski definition) is 3. The lowest BCUT2D eigenvalue weighted by molar-refractivity contribution is 0.102. The fraction of sp³-hybridized carbons (Fsp3) is 0.455. The lowest BCUT2D eigenvalue weighted by Crippen LogP contribution is -2.31. The predicted octanol–water partition coefficient (Wildman–Crippen LogP) is 3.71. The smallest absolute Gasteiger partial charge is 0.261 e. The van der Waals surface area contributed by atoms with E-state index in [9.17, 15) is 9.59 Å². The van der Waals surface area contributed by atoms with Gasteiger partial charge in [-0.15, -0.1) is 0 Å². The number of pyridine rings is 1. The molecule has 1 N–H and O–H groups in total. The van der Waals surface area contributed by atoms with Crippen molar-refractivity contribution < 1.29 is 9.53 Å². The molecule has 0 saturated carbocycles. The molecule has 5 heteroatoms. The van der Waals surface area contributed by atoms with Crippen molar-refractivity contribution in [3.63, 3.8) is 0 Å². The molecule has 2 heterocycles. The van der Waals surface area contributed by atoms with Crippen LogP contribution in [-0.4, -0.2) is 17.1 Å². The van der Waals surface area contributed by atoms with Crippen LogP contribution in [0.15, 0.2) is 29.1 Å². The van der Waals surface area contributed by atoms with Gasteiger partial charge in [-0.1, -0.05) is 12.1 Å². The number of benzene rings is 1. The summed E-state index contributed by atoms with van der Waals surface area (Å²) < 4.78 is 7.42. The van der Waals surface area contributed by atoms with E-state index >= 15 is 0 Å². The Kier molecular flexibility index (Phi) is 5.01. The highest BCUT2D eigenvalue weighted by molar-refractivity contribution is 6.07. The van der Waals surface area contributed by atoms with Gasteiger partial charge in [-0.2, -0.15) is 0 Å². The molecule has 0 saturated heterocycles. The molecule has 0 atom stereocenters. The quantitative estimate of drug-likeness (QED) is 0.897. The van der Waals surface area contributed by atoms with Crippen LogP contribution in [0.2, 0.25) is 0 Å². The Hall–Kier alpha value is -2.56. The van der Waals surface area contributed by atoms with E-state index < -0.39 is 0 Å². The fourth-order valence-electron chi connectivity index (χ4n) is 4.34. The summed E-state index contributed by atoms with van der Waals surface area (Å²) in [4.78, 5) is 25.7. The molecular weight excluding hydrogens is 340 g/mol. The summed E-state index contributed by atoms with van der Waals surface area (Å²) in [7, 11) is 0. The van der Waals surface area contributed by atoms with Crippen molar-refractivity contribution in [2.24, 2.45) is 0 Å². The maximum atomic E-state index is 13.3. The summed E-state index contributed by atoms with van der Waals surface area (Å²) in [5.74, 6) is 0.223. The van der Waals surface area contributed by atoms with E-state index in [-0.39, 0.29) is 11.5 Å². The molecule has 5 nitrogen and oxygen atoms in total. The molecule has 0 radical (unpaired) electrons. The minimum absolute atomic E-state index is 0.0817. The summed E-state index contributed by atoms with van der Waals surface area (Å²) in [6, 6.07) is 7.60. The average molecular weight is 366 g/mol. The molecule has 142 valence electrons. The monoisotopic (exact) mass is 366 g/mol. The summed E-state index contributed by atoms with van der Waals surface area (Å²) in [5.41, 5.74) is 4.71. The Bertz CT molecular complexity index is 930. The first-order valence-corrected chi connectivity index (χ1v) is 10.0. The number of carbonyl (C=O) groups excluding carboxylic acids is 1. The first-order valence-electron chi connectivity index (χ1n) is 10.0. The zero-order chi connectivity index (χ0) is 18.8. The van der Waals surface area contributed by atoms with Gasteiger partial charge in [0, 0.05) is 24.0 Å². The van der Waals surface area contributed by atoms with Gasteiger partial charge in [0.25, 0.3) is 11.5 Å². The summed E-state index contributed by atoms with van der Waals surface area (Å²) in [5, 5.41) is 3.12. The third-order valence-corrected chi connectivity index (χ3v) is 5.60. The second-order valence-corrected chi connectivity index (χ2v) is 7.31. The molecule has 2 aromatic rings. The lowest BCUT2D eigenvalue weighted by atomic mass is 9.90. The maximum Gasteiger partial charge on any atom is 0.261 e. The van der Waals surface area contributed by atoms with E-state index in [2.05, 4.69) is 11.4 Å². The van der Waals surface area contributed by atoms with Crippen LogP contribution in [0.25, 0.3) is 0 Å². The van der Waals surface area contributed by atoms with Crippen LogP contribution >= 0.6 is 0 Å². The van der Waals surface area contributed by atoms with Crippen molar-refractivity contribution >= 4 is 11.6 Å². The van der Waals surface area contributed by atoms with Crippen molar-refractivity contribution in [2.45, 2.75) is 58.4 Å². The van der Waals surface area contributed by atoms with Gasteiger partial charge >= 0.3 is 0 Å². The third-order valence-electron chi connectivity index (χ3n) is 5.60. The van der Waals surface area contributed by atoms with Crippen LogP contribution < -0.4 is 15.6 Å². The molecule has 1 aliphatic carbocycles. The lowest BCUT2D eigenvalue weighted by Gasteiger charge is -2.24. The highest BCUT2D eigenvalue weighted by Gasteiger charge is 2.25. The van der Waals surface area contributed by atoms with Gasteiger partial charge in [0.1, 0.15) is 11.3 Å². The number of anilines is 1. The van der Waals surface area contributed by atoms with E-state index in [0.29, 0.717) is 24.5 Å². The van der Waals surface area contributed by atoms with E-state index in [4.69, 9.17) is 4.74 Å². The second kappa shape index (κ2) is 7.59. The minimum atomic E-state index is -0.178.